The summed E-state index contributed by atoms with van der Waals surface area (Å²) in [6.45, 7) is 7.91. The monoisotopic (exact) mass is 249 g/mol. The van der Waals surface area contributed by atoms with E-state index in [1.807, 2.05) is 38.1 Å². The Morgan fingerprint density at radius 3 is 2.44 bits per heavy atom. The summed E-state index contributed by atoms with van der Waals surface area (Å²) in [4.78, 5) is 11.9. The first-order valence-electron chi connectivity index (χ1n) is 6.56. The minimum atomic E-state index is -0.466. The fourth-order valence-electron chi connectivity index (χ4n) is 1.74. The molecule has 1 aromatic rings. The maximum absolute atomic E-state index is 11.9. The van der Waals surface area contributed by atoms with Crippen molar-refractivity contribution < 1.29 is 9.53 Å². The van der Waals surface area contributed by atoms with E-state index in [1.165, 1.54) is 5.56 Å². The van der Waals surface area contributed by atoms with E-state index >= 15 is 0 Å². The van der Waals surface area contributed by atoms with E-state index in [2.05, 4.69) is 12.2 Å². The van der Waals surface area contributed by atoms with Crippen LogP contribution in [0.2, 0.25) is 0 Å². The summed E-state index contributed by atoms with van der Waals surface area (Å²) in [7, 11) is 0. The molecule has 1 N–H and O–H groups in total. The van der Waals surface area contributed by atoms with Gasteiger partial charge in [0.15, 0.2) is 6.10 Å². The van der Waals surface area contributed by atoms with Crippen LogP contribution in [0.25, 0.3) is 0 Å². The number of amides is 1. The first-order valence-corrected chi connectivity index (χ1v) is 6.56. The van der Waals surface area contributed by atoms with Crippen LogP contribution in [-0.2, 0) is 4.79 Å². The molecule has 3 nitrogen and oxygen atoms in total. The number of nitrogens with one attached hydrogen (secondary N) is 1. The first kappa shape index (κ1) is 14.6. The van der Waals surface area contributed by atoms with Crippen molar-refractivity contribution in [2.75, 3.05) is 0 Å². The normalized spacial score (nSPS) is 13.8. The van der Waals surface area contributed by atoms with Gasteiger partial charge in [-0.05, 0) is 39.3 Å². The largest absolute Gasteiger partial charge is 0.481 e. The predicted molar refractivity (Wildman–Crippen MR) is 73.8 cm³/mol. The molecule has 3 heteroatoms. The van der Waals surface area contributed by atoms with E-state index in [0.29, 0.717) is 0 Å². The maximum Gasteiger partial charge on any atom is 0.260 e. The van der Waals surface area contributed by atoms with Crippen LogP contribution in [0, 0.1) is 6.92 Å². The van der Waals surface area contributed by atoms with E-state index in [-0.39, 0.29) is 11.9 Å². The molecule has 2 atom stereocenters. The van der Waals surface area contributed by atoms with Crippen LogP contribution in [0.3, 0.4) is 0 Å². The number of aryl methyl sites for hydroxylation is 1. The summed E-state index contributed by atoms with van der Waals surface area (Å²) < 4.78 is 5.60. The molecule has 0 aliphatic heterocycles. The minimum absolute atomic E-state index is 0.0588. The molecule has 0 heterocycles. The summed E-state index contributed by atoms with van der Waals surface area (Å²) in [5.74, 6) is 0.669. The molecule has 0 aliphatic carbocycles. The van der Waals surface area contributed by atoms with Crippen molar-refractivity contribution in [3.05, 3.63) is 29.8 Å². The van der Waals surface area contributed by atoms with Crippen LogP contribution < -0.4 is 10.1 Å². The molecule has 18 heavy (non-hydrogen) atoms. The van der Waals surface area contributed by atoms with E-state index in [9.17, 15) is 4.79 Å². The van der Waals surface area contributed by atoms with Crippen LogP contribution in [-0.4, -0.2) is 18.1 Å². The molecule has 0 bridgehead atoms. The van der Waals surface area contributed by atoms with Gasteiger partial charge in [-0.25, -0.2) is 0 Å². The van der Waals surface area contributed by atoms with Crippen LogP contribution >= 0.6 is 0 Å². The molecule has 0 spiro atoms. The van der Waals surface area contributed by atoms with E-state index in [4.69, 9.17) is 4.74 Å². The Balaban J connectivity index is 2.46. The molecule has 0 radical (unpaired) electrons. The van der Waals surface area contributed by atoms with Crippen molar-refractivity contribution >= 4 is 5.91 Å². The van der Waals surface area contributed by atoms with Crippen LogP contribution in [0.15, 0.2) is 24.3 Å². The zero-order valence-corrected chi connectivity index (χ0v) is 11.7. The smallest absolute Gasteiger partial charge is 0.260 e. The van der Waals surface area contributed by atoms with Crippen LogP contribution in [0.1, 0.15) is 39.2 Å². The molecule has 100 valence electrons. The second kappa shape index (κ2) is 7.04. The summed E-state index contributed by atoms with van der Waals surface area (Å²) in [6.07, 6.45) is 1.59. The van der Waals surface area contributed by atoms with Crippen molar-refractivity contribution in [2.24, 2.45) is 0 Å². The van der Waals surface area contributed by atoms with Gasteiger partial charge in [0.2, 0.25) is 0 Å². The Hall–Kier alpha value is -1.51. The summed E-state index contributed by atoms with van der Waals surface area (Å²) >= 11 is 0. The molecule has 0 saturated heterocycles. The number of ether oxygens (including phenoxy) is 1. The predicted octanol–water partition coefficient (Wildman–Crippen LogP) is 3.07. The lowest BCUT2D eigenvalue weighted by Gasteiger charge is -2.18. The van der Waals surface area contributed by atoms with Crippen LogP contribution in [0.5, 0.6) is 5.75 Å². The van der Waals surface area contributed by atoms with Gasteiger partial charge in [0, 0.05) is 6.04 Å². The molecule has 0 saturated carbocycles. The van der Waals surface area contributed by atoms with Crippen molar-refractivity contribution in [3.63, 3.8) is 0 Å². The molecule has 1 aromatic carbocycles. The highest BCUT2D eigenvalue weighted by Gasteiger charge is 2.16. The number of hydrogen-bond acceptors (Lipinski definition) is 2. The van der Waals surface area contributed by atoms with Crippen molar-refractivity contribution in [3.8, 4) is 5.75 Å². The number of benzene rings is 1. The third-order valence-corrected chi connectivity index (χ3v) is 2.81. The Morgan fingerprint density at radius 1 is 1.28 bits per heavy atom. The van der Waals surface area contributed by atoms with Gasteiger partial charge in [-0.15, -0.1) is 0 Å². The molecular formula is C15H23NO2. The second-order valence-electron chi connectivity index (χ2n) is 4.77. The molecular weight excluding hydrogens is 226 g/mol. The second-order valence-corrected chi connectivity index (χ2v) is 4.77. The minimum Gasteiger partial charge on any atom is -0.481 e. The van der Waals surface area contributed by atoms with E-state index in [0.717, 1.165) is 18.6 Å². The third-order valence-electron chi connectivity index (χ3n) is 2.81. The molecule has 0 aliphatic rings. The van der Waals surface area contributed by atoms with Crippen molar-refractivity contribution in [1.82, 2.24) is 5.32 Å². The molecule has 0 unspecified atom stereocenters. The SMILES string of the molecule is CCC[C@H](C)NC(=O)[C@H](C)Oc1ccc(C)cc1. The van der Waals surface area contributed by atoms with Gasteiger partial charge in [-0.1, -0.05) is 31.0 Å². The van der Waals surface area contributed by atoms with Gasteiger partial charge < -0.3 is 10.1 Å². The fraction of sp³-hybridized carbons (Fsp3) is 0.533. The summed E-state index contributed by atoms with van der Waals surface area (Å²) in [5.41, 5.74) is 1.18. The highest BCUT2D eigenvalue weighted by atomic mass is 16.5. The van der Waals surface area contributed by atoms with Gasteiger partial charge in [-0.3, -0.25) is 4.79 Å². The Morgan fingerprint density at radius 2 is 1.89 bits per heavy atom. The first-order chi connectivity index (χ1) is 8.52. The highest BCUT2D eigenvalue weighted by molar-refractivity contribution is 5.80. The summed E-state index contributed by atoms with van der Waals surface area (Å²) in [5, 5.41) is 2.95. The lowest BCUT2D eigenvalue weighted by atomic mass is 10.2. The van der Waals surface area contributed by atoms with Gasteiger partial charge >= 0.3 is 0 Å². The third kappa shape index (κ3) is 4.78. The molecule has 1 amide bonds. The Bertz CT molecular complexity index is 373. The van der Waals surface area contributed by atoms with E-state index < -0.39 is 6.10 Å². The average molecular weight is 249 g/mol. The molecule has 0 fully saturated rings. The van der Waals surface area contributed by atoms with Crippen molar-refractivity contribution in [2.45, 2.75) is 52.7 Å². The zero-order valence-electron chi connectivity index (χ0n) is 11.7. The fourth-order valence-corrected chi connectivity index (χ4v) is 1.74. The molecule has 0 aromatic heterocycles. The highest BCUT2D eigenvalue weighted by Crippen LogP contribution is 2.13. The average Bonchev–Trinajstić information content (AvgIpc) is 2.32. The number of hydrogen-bond donors (Lipinski definition) is 1. The van der Waals surface area contributed by atoms with Gasteiger partial charge in [0.05, 0.1) is 0 Å². The quantitative estimate of drug-likeness (QED) is 0.841. The lowest BCUT2D eigenvalue weighted by Crippen LogP contribution is -2.41. The Labute approximate surface area is 110 Å². The standard InChI is InChI=1S/C15H23NO2/c1-5-6-12(3)16-15(17)13(4)18-14-9-7-11(2)8-10-14/h7-10,12-13H,5-6H2,1-4H3,(H,16,17)/t12-,13-/m0/s1. The van der Waals surface area contributed by atoms with E-state index in [1.54, 1.807) is 6.92 Å². The number of rotatable bonds is 6. The number of carbonyl (C=O) groups is 1. The topological polar surface area (TPSA) is 38.3 Å². The molecule has 1 rings (SSSR count). The Kier molecular flexibility index (Phi) is 5.69. The van der Waals surface area contributed by atoms with Gasteiger partial charge in [0.25, 0.3) is 5.91 Å². The van der Waals surface area contributed by atoms with Crippen molar-refractivity contribution in [1.29, 1.82) is 0 Å². The van der Waals surface area contributed by atoms with Gasteiger partial charge in [0.1, 0.15) is 5.75 Å². The maximum atomic E-state index is 11.9. The number of carbonyl (C=O) groups excluding carboxylic acids is 1. The lowest BCUT2D eigenvalue weighted by molar-refractivity contribution is -0.127. The summed E-state index contributed by atoms with van der Waals surface area (Å²) in [6, 6.07) is 7.91. The van der Waals surface area contributed by atoms with Crippen LogP contribution in [0.4, 0.5) is 0 Å². The zero-order chi connectivity index (χ0) is 13.5. The van der Waals surface area contributed by atoms with Gasteiger partial charge in [-0.2, -0.15) is 0 Å².